The van der Waals surface area contributed by atoms with Gasteiger partial charge in [0, 0.05) is 36.2 Å². The van der Waals surface area contributed by atoms with Gasteiger partial charge in [-0.2, -0.15) is 4.98 Å². The lowest BCUT2D eigenvalue weighted by atomic mass is 10.1. The fraction of sp³-hybridized carbons (Fsp3) is 0.526. The van der Waals surface area contributed by atoms with Crippen LogP contribution in [0.3, 0.4) is 0 Å². The van der Waals surface area contributed by atoms with Crippen molar-refractivity contribution in [2.45, 2.75) is 44.6 Å². The van der Waals surface area contributed by atoms with Crippen LogP contribution in [0.25, 0.3) is 11.4 Å². The summed E-state index contributed by atoms with van der Waals surface area (Å²) in [7, 11) is 0. The Morgan fingerprint density at radius 2 is 2.16 bits per heavy atom. The van der Waals surface area contributed by atoms with E-state index in [0.717, 1.165) is 37.5 Å². The number of carbonyl (C=O) groups is 1. The second kappa shape index (κ2) is 6.96. The summed E-state index contributed by atoms with van der Waals surface area (Å²) >= 11 is 0. The minimum Gasteiger partial charge on any atom is -0.351 e. The number of likely N-dealkylation sites (N-methyl/N-ethyl adjacent to an activating group) is 1. The van der Waals surface area contributed by atoms with Gasteiger partial charge in [-0.1, -0.05) is 24.2 Å². The summed E-state index contributed by atoms with van der Waals surface area (Å²) in [5.74, 6) is 1.65. The highest BCUT2D eigenvalue weighted by Crippen LogP contribution is 2.39. The average molecular weight is 340 g/mol. The fourth-order valence-electron chi connectivity index (χ4n) is 3.10. The molecule has 2 aliphatic carbocycles. The first-order chi connectivity index (χ1) is 12.2. The number of aromatic nitrogens is 2. The third kappa shape index (κ3) is 3.90. The Labute approximate surface area is 147 Å². The number of rotatable bonds is 8. The van der Waals surface area contributed by atoms with Gasteiger partial charge in [0.25, 0.3) is 5.91 Å². The molecule has 2 aliphatic rings. The van der Waals surface area contributed by atoms with Gasteiger partial charge in [-0.25, -0.2) is 0 Å². The van der Waals surface area contributed by atoms with Crippen LogP contribution in [0.4, 0.5) is 0 Å². The van der Waals surface area contributed by atoms with E-state index in [1.54, 1.807) is 0 Å². The molecule has 1 aromatic heterocycles. The predicted octanol–water partition coefficient (Wildman–Crippen LogP) is 2.83. The van der Waals surface area contributed by atoms with Crippen molar-refractivity contribution in [3.05, 3.63) is 35.7 Å². The van der Waals surface area contributed by atoms with Crippen molar-refractivity contribution in [3.63, 3.8) is 0 Å². The van der Waals surface area contributed by atoms with Crippen molar-refractivity contribution in [2.75, 3.05) is 19.6 Å². The van der Waals surface area contributed by atoms with Gasteiger partial charge in [0.2, 0.25) is 11.7 Å². The number of nitrogens with zero attached hydrogens (tertiary/aromatic N) is 3. The zero-order valence-corrected chi connectivity index (χ0v) is 14.6. The zero-order valence-electron chi connectivity index (χ0n) is 14.6. The van der Waals surface area contributed by atoms with Crippen molar-refractivity contribution in [3.8, 4) is 11.4 Å². The average Bonchev–Trinajstić information content (AvgIpc) is 3.58. The van der Waals surface area contributed by atoms with E-state index >= 15 is 0 Å². The van der Waals surface area contributed by atoms with Gasteiger partial charge in [0.05, 0.1) is 0 Å². The monoisotopic (exact) mass is 340 g/mol. The van der Waals surface area contributed by atoms with Crippen LogP contribution in [0.2, 0.25) is 0 Å². The summed E-state index contributed by atoms with van der Waals surface area (Å²) in [6.07, 6.45) is 4.83. The SMILES string of the molecule is CCN(CCNC(=O)c1cccc(-c2noc(C3CC3)n2)c1)C1CC1. The molecule has 0 atom stereocenters. The molecule has 0 radical (unpaired) electrons. The Morgan fingerprint density at radius 3 is 2.88 bits per heavy atom. The molecule has 0 aliphatic heterocycles. The minimum atomic E-state index is -0.0559. The van der Waals surface area contributed by atoms with E-state index in [1.165, 1.54) is 12.8 Å². The summed E-state index contributed by atoms with van der Waals surface area (Å²) in [6, 6.07) is 8.14. The molecule has 1 N–H and O–H groups in total. The molecule has 2 fully saturated rings. The lowest BCUT2D eigenvalue weighted by molar-refractivity contribution is 0.0948. The Kier molecular flexibility index (Phi) is 4.53. The summed E-state index contributed by atoms with van der Waals surface area (Å²) in [6.45, 7) is 4.78. The number of hydrogen-bond donors (Lipinski definition) is 1. The molecule has 1 amide bonds. The third-order valence-corrected chi connectivity index (χ3v) is 4.91. The van der Waals surface area contributed by atoms with Crippen LogP contribution in [-0.2, 0) is 0 Å². The first-order valence-electron chi connectivity index (χ1n) is 9.21. The first-order valence-corrected chi connectivity index (χ1v) is 9.21. The number of nitrogens with one attached hydrogen (secondary N) is 1. The summed E-state index contributed by atoms with van der Waals surface area (Å²) in [4.78, 5) is 19.3. The summed E-state index contributed by atoms with van der Waals surface area (Å²) in [5.41, 5.74) is 1.45. The van der Waals surface area contributed by atoms with Crippen molar-refractivity contribution < 1.29 is 9.32 Å². The van der Waals surface area contributed by atoms with Crippen LogP contribution < -0.4 is 5.32 Å². The summed E-state index contributed by atoms with van der Waals surface area (Å²) in [5, 5.41) is 7.06. The molecule has 1 heterocycles. The Hall–Kier alpha value is -2.21. The molecule has 0 unspecified atom stereocenters. The normalized spacial score (nSPS) is 17.0. The lowest BCUT2D eigenvalue weighted by Crippen LogP contribution is -2.36. The zero-order chi connectivity index (χ0) is 17.2. The Morgan fingerprint density at radius 1 is 1.32 bits per heavy atom. The van der Waals surface area contributed by atoms with E-state index < -0.39 is 0 Å². The number of carbonyl (C=O) groups excluding carboxylic acids is 1. The van der Waals surface area contributed by atoms with Crippen molar-refractivity contribution in [1.29, 1.82) is 0 Å². The molecule has 25 heavy (non-hydrogen) atoms. The van der Waals surface area contributed by atoms with Crippen LogP contribution in [0.5, 0.6) is 0 Å². The molecule has 0 bridgehead atoms. The van der Waals surface area contributed by atoms with Gasteiger partial charge in [0.15, 0.2) is 0 Å². The van der Waals surface area contributed by atoms with Gasteiger partial charge in [-0.15, -0.1) is 0 Å². The highest BCUT2D eigenvalue weighted by atomic mass is 16.5. The van der Waals surface area contributed by atoms with E-state index in [0.29, 0.717) is 29.7 Å². The molecule has 1 aromatic carbocycles. The molecule has 2 aromatic rings. The van der Waals surface area contributed by atoms with Gasteiger partial charge in [0.1, 0.15) is 0 Å². The quantitative estimate of drug-likeness (QED) is 0.800. The van der Waals surface area contributed by atoms with Crippen LogP contribution >= 0.6 is 0 Å². The van der Waals surface area contributed by atoms with Gasteiger partial charge >= 0.3 is 0 Å². The van der Waals surface area contributed by atoms with E-state index in [9.17, 15) is 4.79 Å². The topological polar surface area (TPSA) is 71.3 Å². The van der Waals surface area contributed by atoms with Crippen LogP contribution in [0, 0.1) is 0 Å². The maximum absolute atomic E-state index is 12.4. The molecule has 6 nitrogen and oxygen atoms in total. The summed E-state index contributed by atoms with van der Waals surface area (Å²) < 4.78 is 5.31. The second-order valence-electron chi connectivity index (χ2n) is 6.93. The van der Waals surface area contributed by atoms with E-state index in [-0.39, 0.29) is 5.91 Å². The molecule has 2 saturated carbocycles. The smallest absolute Gasteiger partial charge is 0.251 e. The van der Waals surface area contributed by atoms with Crippen LogP contribution in [0.1, 0.15) is 54.8 Å². The van der Waals surface area contributed by atoms with Crippen molar-refractivity contribution in [1.82, 2.24) is 20.4 Å². The molecule has 0 spiro atoms. The Bertz CT molecular complexity index is 749. The molecule has 4 rings (SSSR count). The highest BCUT2D eigenvalue weighted by Gasteiger charge is 2.30. The molecular formula is C19H24N4O2. The lowest BCUT2D eigenvalue weighted by Gasteiger charge is -2.19. The fourth-order valence-corrected chi connectivity index (χ4v) is 3.10. The second-order valence-corrected chi connectivity index (χ2v) is 6.93. The standard InChI is InChI=1S/C19H24N4O2/c1-2-23(16-8-9-16)11-10-20-18(24)15-5-3-4-14(12-15)17-21-19(25-22-17)13-6-7-13/h3-5,12-13,16H,2,6-11H2,1H3,(H,20,24). The molecule has 0 saturated heterocycles. The first kappa shape index (κ1) is 16.3. The van der Waals surface area contributed by atoms with E-state index in [4.69, 9.17) is 4.52 Å². The van der Waals surface area contributed by atoms with Crippen LogP contribution in [0.15, 0.2) is 28.8 Å². The van der Waals surface area contributed by atoms with E-state index in [2.05, 4.69) is 27.3 Å². The van der Waals surface area contributed by atoms with Gasteiger partial charge < -0.3 is 9.84 Å². The van der Waals surface area contributed by atoms with Gasteiger partial charge in [-0.3, -0.25) is 9.69 Å². The largest absolute Gasteiger partial charge is 0.351 e. The number of benzene rings is 1. The van der Waals surface area contributed by atoms with Gasteiger partial charge in [-0.05, 0) is 44.4 Å². The van der Waals surface area contributed by atoms with Crippen molar-refractivity contribution >= 4 is 5.91 Å². The maximum Gasteiger partial charge on any atom is 0.251 e. The number of amides is 1. The minimum absolute atomic E-state index is 0.0559. The number of hydrogen-bond acceptors (Lipinski definition) is 5. The third-order valence-electron chi connectivity index (χ3n) is 4.91. The molecular weight excluding hydrogens is 316 g/mol. The molecule has 6 heteroatoms. The predicted molar refractivity (Wildman–Crippen MR) is 94.3 cm³/mol. The van der Waals surface area contributed by atoms with Crippen molar-refractivity contribution in [2.24, 2.45) is 0 Å². The van der Waals surface area contributed by atoms with E-state index in [1.807, 2.05) is 24.3 Å². The van der Waals surface area contributed by atoms with Crippen LogP contribution in [-0.4, -0.2) is 46.6 Å². The molecule has 132 valence electrons. The Balaban J connectivity index is 1.37. The highest BCUT2D eigenvalue weighted by molar-refractivity contribution is 5.95. The maximum atomic E-state index is 12.4.